The zero-order valence-electron chi connectivity index (χ0n) is 17.2. The first-order chi connectivity index (χ1) is 13.9. The van der Waals surface area contributed by atoms with E-state index in [1.807, 2.05) is 31.3 Å². The second-order valence-electron chi connectivity index (χ2n) is 7.88. The smallest absolute Gasteiger partial charge is 0.213 e. The van der Waals surface area contributed by atoms with Crippen molar-refractivity contribution >= 4 is 26.7 Å². The van der Waals surface area contributed by atoms with Gasteiger partial charge in [-0.3, -0.25) is 0 Å². The van der Waals surface area contributed by atoms with Crippen molar-refractivity contribution < 1.29 is 8.42 Å². The average Bonchev–Trinajstić information content (AvgIpc) is 3.17. The van der Waals surface area contributed by atoms with Crippen LogP contribution in [0.3, 0.4) is 0 Å². The number of nitrogens with zero attached hydrogens (tertiary/aromatic N) is 3. The number of nitrogens with one attached hydrogen (secondary N) is 1. The van der Waals surface area contributed by atoms with E-state index in [0.29, 0.717) is 19.0 Å². The lowest BCUT2D eigenvalue weighted by atomic mass is 9.89. The number of pyridine rings is 1. The lowest BCUT2D eigenvalue weighted by Gasteiger charge is -2.30. The van der Waals surface area contributed by atoms with Crippen LogP contribution in [0.15, 0.2) is 42.7 Å². The number of hydrogen-bond acceptors (Lipinski definition) is 4. The number of aromatic amines is 1. The molecule has 3 aromatic rings. The monoisotopic (exact) mass is 412 g/mol. The summed E-state index contributed by atoms with van der Waals surface area (Å²) in [7, 11) is 0.887. The molecule has 1 aromatic carbocycles. The molecule has 0 bridgehead atoms. The normalized spacial score (nSPS) is 16.4. The third-order valence-electron chi connectivity index (χ3n) is 5.90. The first kappa shape index (κ1) is 19.9. The van der Waals surface area contributed by atoms with Crippen molar-refractivity contribution in [1.82, 2.24) is 14.3 Å². The molecule has 1 N–H and O–H groups in total. The maximum absolute atomic E-state index is 12.1. The fraction of sp³-hybridized carbons (Fsp3) is 0.409. The predicted octanol–water partition coefficient (Wildman–Crippen LogP) is 3.83. The van der Waals surface area contributed by atoms with E-state index in [-0.39, 0.29) is 5.75 Å². The van der Waals surface area contributed by atoms with Gasteiger partial charge in [-0.05, 0) is 66.6 Å². The Morgan fingerprint density at radius 3 is 2.55 bits per heavy atom. The van der Waals surface area contributed by atoms with Gasteiger partial charge in [-0.2, -0.15) is 0 Å². The molecule has 0 spiro atoms. The maximum Gasteiger partial charge on any atom is 0.213 e. The van der Waals surface area contributed by atoms with Gasteiger partial charge in [0.15, 0.2) is 0 Å². The van der Waals surface area contributed by atoms with Gasteiger partial charge in [-0.1, -0.05) is 6.07 Å². The molecule has 1 fully saturated rings. The second kappa shape index (κ2) is 7.80. The van der Waals surface area contributed by atoms with Gasteiger partial charge in [0.1, 0.15) is 5.82 Å². The van der Waals surface area contributed by atoms with Crippen LogP contribution in [0.5, 0.6) is 0 Å². The molecule has 0 unspecified atom stereocenters. The van der Waals surface area contributed by atoms with E-state index >= 15 is 0 Å². The minimum Gasteiger partial charge on any atom is -0.363 e. The van der Waals surface area contributed by atoms with Gasteiger partial charge >= 0.3 is 0 Å². The van der Waals surface area contributed by atoms with E-state index in [1.165, 1.54) is 10.9 Å². The van der Waals surface area contributed by atoms with Crippen LogP contribution in [0.1, 0.15) is 31.2 Å². The quantitative estimate of drug-likeness (QED) is 0.692. The number of H-pyrrole nitrogens is 1. The molecular weight excluding hydrogens is 384 g/mol. The largest absolute Gasteiger partial charge is 0.363 e. The summed E-state index contributed by atoms with van der Waals surface area (Å²) in [6, 6.07) is 10.6. The lowest BCUT2D eigenvalue weighted by Crippen LogP contribution is -2.38. The molecule has 6 nitrogen and oxygen atoms in total. The highest BCUT2D eigenvalue weighted by Crippen LogP contribution is 2.36. The number of aromatic nitrogens is 2. The molecule has 0 atom stereocenters. The Balaban J connectivity index is 1.63. The number of sulfonamides is 1. The fourth-order valence-corrected chi connectivity index (χ4v) is 5.26. The highest BCUT2D eigenvalue weighted by atomic mass is 32.2. The van der Waals surface area contributed by atoms with Crippen LogP contribution < -0.4 is 4.90 Å². The summed E-state index contributed by atoms with van der Waals surface area (Å²) >= 11 is 0. The Bertz CT molecular complexity index is 1110. The van der Waals surface area contributed by atoms with Crippen molar-refractivity contribution in [1.29, 1.82) is 0 Å². The number of piperidine rings is 1. The molecule has 1 aliphatic heterocycles. The maximum atomic E-state index is 12.1. The molecular formula is C22H28N4O2S. The molecule has 2 aromatic heterocycles. The summed E-state index contributed by atoms with van der Waals surface area (Å²) in [5.74, 6) is 1.48. The van der Waals surface area contributed by atoms with Gasteiger partial charge < -0.3 is 9.88 Å². The molecule has 0 radical (unpaired) electrons. The van der Waals surface area contributed by atoms with Crippen molar-refractivity contribution in [2.75, 3.05) is 37.8 Å². The van der Waals surface area contributed by atoms with E-state index in [2.05, 4.69) is 40.4 Å². The third kappa shape index (κ3) is 3.89. The minimum absolute atomic E-state index is 0.176. The van der Waals surface area contributed by atoms with Crippen molar-refractivity contribution in [3.63, 3.8) is 0 Å². The molecule has 4 rings (SSSR count). The topological polar surface area (TPSA) is 69.3 Å². The first-order valence-corrected chi connectivity index (χ1v) is 11.7. The summed E-state index contributed by atoms with van der Waals surface area (Å²) < 4.78 is 25.9. The first-order valence-electron chi connectivity index (χ1n) is 10.1. The summed E-state index contributed by atoms with van der Waals surface area (Å²) in [4.78, 5) is 9.80. The lowest BCUT2D eigenvalue weighted by molar-refractivity contribution is 0.321. The van der Waals surface area contributed by atoms with E-state index < -0.39 is 10.0 Å². The van der Waals surface area contributed by atoms with E-state index in [9.17, 15) is 8.42 Å². The minimum atomic E-state index is -3.09. The number of hydrogen-bond donors (Lipinski definition) is 1. The molecule has 0 saturated carbocycles. The van der Waals surface area contributed by atoms with Crippen LogP contribution in [0.25, 0.3) is 22.0 Å². The van der Waals surface area contributed by atoms with Crippen molar-refractivity contribution in [2.45, 2.75) is 25.7 Å². The number of rotatable bonds is 5. The second-order valence-corrected chi connectivity index (χ2v) is 10.1. The van der Waals surface area contributed by atoms with Crippen LogP contribution in [-0.2, 0) is 10.0 Å². The van der Waals surface area contributed by atoms with Gasteiger partial charge in [0, 0.05) is 50.5 Å². The van der Waals surface area contributed by atoms with E-state index in [0.717, 1.165) is 35.3 Å². The van der Waals surface area contributed by atoms with Gasteiger partial charge in [-0.15, -0.1) is 0 Å². The number of anilines is 1. The Morgan fingerprint density at radius 1 is 1.14 bits per heavy atom. The Kier molecular flexibility index (Phi) is 5.36. The standard InChI is InChI=1S/C22H28N4O2S/c1-4-29(27,28)26-11-8-16(9-12-26)20-15-24-21-6-5-17(13-19(20)21)18-7-10-23-22(14-18)25(2)3/h5-7,10,13-16,24H,4,8-9,11-12H2,1-3H3. The summed E-state index contributed by atoms with van der Waals surface area (Å²) in [5.41, 5.74) is 4.71. The molecule has 7 heteroatoms. The van der Waals surface area contributed by atoms with Gasteiger partial charge in [0.25, 0.3) is 0 Å². The van der Waals surface area contributed by atoms with Crippen LogP contribution in [-0.4, -0.2) is 55.6 Å². The summed E-state index contributed by atoms with van der Waals surface area (Å²) in [6.45, 7) is 2.91. The fourth-order valence-electron chi connectivity index (χ4n) is 4.13. The van der Waals surface area contributed by atoms with E-state index in [4.69, 9.17) is 0 Å². The van der Waals surface area contributed by atoms with Gasteiger partial charge in [0.05, 0.1) is 5.75 Å². The Morgan fingerprint density at radius 2 is 1.86 bits per heavy atom. The van der Waals surface area contributed by atoms with Crippen LogP contribution in [0, 0.1) is 0 Å². The highest BCUT2D eigenvalue weighted by molar-refractivity contribution is 7.89. The molecule has 154 valence electrons. The molecule has 1 saturated heterocycles. The average molecular weight is 413 g/mol. The highest BCUT2D eigenvalue weighted by Gasteiger charge is 2.28. The third-order valence-corrected chi connectivity index (χ3v) is 7.78. The van der Waals surface area contributed by atoms with E-state index in [1.54, 1.807) is 11.2 Å². The van der Waals surface area contributed by atoms with Crippen LogP contribution in [0.4, 0.5) is 5.82 Å². The van der Waals surface area contributed by atoms with Crippen molar-refractivity contribution in [3.05, 3.63) is 48.3 Å². The zero-order chi connectivity index (χ0) is 20.6. The summed E-state index contributed by atoms with van der Waals surface area (Å²) in [5, 5.41) is 1.22. The van der Waals surface area contributed by atoms with Crippen LogP contribution in [0.2, 0.25) is 0 Å². The van der Waals surface area contributed by atoms with Gasteiger partial charge in [0.2, 0.25) is 10.0 Å². The zero-order valence-corrected chi connectivity index (χ0v) is 18.0. The predicted molar refractivity (Wildman–Crippen MR) is 119 cm³/mol. The molecule has 29 heavy (non-hydrogen) atoms. The molecule has 0 amide bonds. The number of benzene rings is 1. The van der Waals surface area contributed by atoms with Crippen LogP contribution >= 0.6 is 0 Å². The number of fused-ring (bicyclic) bond motifs is 1. The molecule has 1 aliphatic rings. The summed E-state index contributed by atoms with van der Waals surface area (Å²) in [6.07, 6.45) is 5.66. The Hall–Kier alpha value is -2.38. The molecule has 0 aliphatic carbocycles. The van der Waals surface area contributed by atoms with Crippen molar-refractivity contribution in [3.8, 4) is 11.1 Å². The molecule has 3 heterocycles. The van der Waals surface area contributed by atoms with Crippen molar-refractivity contribution in [2.24, 2.45) is 0 Å². The SMILES string of the molecule is CCS(=O)(=O)N1CCC(c2c[nH]c3ccc(-c4ccnc(N(C)C)c4)cc23)CC1. The van der Waals surface area contributed by atoms with Gasteiger partial charge in [-0.25, -0.2) is 17.7 Å². The Labute approximate surface area is 172 Å².